The Hall–Kier alpha value is -1.24. The molecule has 0 saturated carbocycles. The summed E-state index contributed by atoms with van der Waals surface area (Å²) in [5.74, 6) is -1.32. The van der Waals surface area contributed by atoms with E-state index in [0.717, 1.165) is 20.0 Å². The van der Waals surface area contributed by atoms with E-state index >= 15 is 0 Å². The van der Waals surface area contributed by atoms with Crippen molar-refractivity contribution < 1.29 is 9.90 Å². The average molecular weight is 342 g/mol. The van der Waals surface area contributed by atoms with E-state index in [0.29, 0.717) is 6.42 Å². The normalized spacial score (nSPS) is 12.6. The van der Waals surface area contributed by atoms with Gasteiger partial charge in [-0.05, 0) is 40.6 Å². The number of rotatable bonds is 3. The third-order valence-electron chi connectivity index (χ3n) is 2.73. The second-order valence-electron chi connectivity index (χ2n) is 3.72. The minimum Gasteiger partial charge on any atom is -0.481 e. The molecule has 1 atom stereocenters. The Labute approximate surface area is 112 Å². The predicted molar refractivity (Wildman–Crippen MR) is 72.9 cm³/mol. The van der Waals surface area contributed by atoms with Crippen molar-refractivity contribution in [2.75, 3.05) is 0 Å². The Morgan fingerprint density at radius 1 is 1.53 bits per heavy atom. The first-order valence-electron chi connectivity index (χ1n) is 5.26. The van der Waals surface area contributed by atoms with Crippen molar-refractivity contribution in [1.29, 1.82) is 0 Å². The molecule has 88 valence electrons. The van der Waals surface area contributed by atoms with Gasteiger partial charge in [0.1, 0.15) is 6.33 Å². The second-order valence-corrected chi connectivity index (χ2v) is 4.88. The molecule has 5 heteroatoms. The van der Waals surface area contributed by atoms with Gasteiger partial charge in [0.2, 0.25) is 0 Å². The summed E-state index contributed by atoms with van der Waals surface area (Å²) in [5, 5.41) is 10.1. The summed E-state index contributed by atoms with van der Waals surface area (Å²) >= 11 is 2.20. The molecule has 0 bridgehead atoms. The SMILES string of the molecule is CCC(C(=O)O)c1ccc(I)c2cncnc12. The van der Waals surface area contributed by atoms with Gasteiger partial charge >= 0.3 is 5.97 Å². The maximum atomic E-state index is 11.2. The van der Waals surface area contributed by atoms with Gasteiger partial charge in [0.05, 0.1) is 11.4 Å². The number of carboxylic acid groups (broad SMARTS) is 1. The van der Waals surface area contributed by atoms with E-state index in [1.165, 1.54) is 6.33 Å². The van der Waals surface area contributed by atoms with Gasteiger partial charge in [-0.2, -0.15) is 0 Å². The molecule has 1 aromatic heterocycles. The lowest BCUT2D eigenvalue weighted by molar-refractivity contribution is -0.138. The van der Waals surface area contributed by atoms with Crippen LogP contribution in [0, 0.1) is 3.57 Å². The summed E-state index contributed by atoms with van der Waals surface area (Å²) in [6.07, 6.45) is 3.73. The largest absolute Gasteiger partial charge is 0.481 e. The van der Waals surface area contributed by atoms with Crippen LogP contribution in [0.25, 0.3) is 10.9 Å². The predicted octanol–water partition coefficient (Wildman–Crippen LogP) is 2.81. The first kappa shape index (κ1) is 12.2. The lowest BCUT2D eigenvalue weighted by atomic mass is 9.94. The molecule has 0 aliphatic rings. The summed E-state index contributed by atoms with van der Waals surface area (Å²) in [4.78, 5) is 19.4. The second kappa shape index (κ2) is 4.95. The van der Waals surface area contributed by atoms with Crippen LogP contribution in [-0.4, -0.2) is 21.0 Å². The maximum absolute atomic E-state index is 11.2. The van der Waals surface area contributed by atoms with Crippen LogP contribution in [-0.2, 0) is 4.79 Å². The lowest BCUT2D eigenvalue weighted by Crippen LogP contribution is -2.11. The van der Waals surface area contributed by atoms with Crippen molar-refractivity contribution in [3.05, 3.63) is 33.8 Å². The number of aliphatic carboxylic acids is 1. The van der Waals surface area contributed by atoms with Crippen molar-refractivity contribution in [1.82, 2.24) is 9.97 Å². The van der Waals surface area contributed by atoms with E-state index < -0.39 is 11.9 Å². The molecule has 0 amide bonds. The Bertz CT molecular complexity index is 571. The van der Waals surface area contributed by atoms with Gasteiger partial charge in [-0.25, -0.2) is 9.97 Å². The topological polar surface area (TPSA) is 63.1 Å². The molecule has 1 unspecified atom stereocenters. The van der Waals surface area contributed by atoms with E-state index in [9.17, 15) is 9.90 Å². The molecule has 2 aromatic rings. The molecule has 0 radical (unpaired) electrons. The van der Waals surface area contributed by atoms with Gasteiger partial charge in [-0.3, -0.25) is 4.79 Å². The molecule has 1 heterocycles. The first-order chi connectivity index (χ1) is 8.15. The zero-order valence-corrected chi connectivity index (χ0v) is 11.4. The van der Waals surface area contributed by atoms with Crippen LogP contribution in [0.4, 0.5) is 0 Å². The average Bonchev–Trinajstić information content (AvgIpc) is 2.33. The van der Waals surface area contributed by atoms with Crippen molar-refractivity contribution in [3.8, 4) is 0 Å². The third-order valence-corrected chi connectivity index (χ3v) is 3.67. The molecule has 1 N–H and O–H groups in total. The molecule has 0 saturated heterocycles. The van der Waals surface area contributed by atoms with Crippen LogP contribution in [0.15, 0.2) is 24.7 Å². The van der Waals surface area contributed by atoms with Crippen LogP contribution in [0.3, 0.4) is 0 Å². The smallest absolute Gasteiger partial charge is 0.311 e. The number of nitrogens with zero attached hydrogens (tertiary/aromatic N) is 2. The molecular formula is C12H11IN2O2. The van der Waals surface area contributed by atoms with Crippen molar-refractivity contribution in [3.63, 3.8) is 0 Å². The van der Waals surface area contributed by atoms with E-state index in [-0.39, 0.29) is 0 Å². The standard InChI is InChI=1S/C12H11IN2O2/c1-2-7(12(16)17)8-3-4-10(13)9-5-14-6-15-11(8)9/h3-7H,2H2,1H3,(H,16,17). The fourth-order valence-electron chi connectivity index (χ4n) is 1.87. The molecule has 17 heavy (non-hydrogen) atoms. The summed E-state index contributed by atoms with van der Waals surface area (Å²) < 4.78 is 1.03. The van der Waals surface area contributed by atoms with E-state index in [4.69, 9.17) is 0 Å². The number of carboxylic acids is 1. The van der Waals surface area contributed by atoms with Crippen molar-refractivity contribution in [2.45, 2.75) is 19.3 Å². The lowest BCUT2D eigenvalue weighted by Gasteiger charge is -2.12. The van der Waals surface area contributed by atoms with Crippen LogP contribution >= 0.6 is 22.6 Å². The third kappa shape index (κ3) is 2.24. The Morgan fingerprint density at radius 3 is 2.94 bits per heavy atom. The van der Waals surface area contributed by atoms with Gasteiger partial charge in [0.15, 0.2) is 0 Å². The minimum atomic E-state index is -0.811. The van der Waals surface area contributed by atoms with Crippen LogP contribution in [0.2, 0.25) is 0 Å². The Kier molecular flexibility index (Phi) is 3.56. The van der Waals surface area contributed by atoms with Crippen LogP contribution < -0.4 is 0 Å². The minimum absolute atomic E-state index is 0.510. The maximum Gasteiger partial charge on any atom is 0.311 e. The number of benzene rings is 1. The monoisotopic (exact) mass is 342 g/mol. The van der Waals surface area contributed by atoms with Crippen molar-refractivity contribution >= 4 is 39.5 Å². The fourth-order valence-corrected chi connectivity index (χ4v) is 2.45. The number of hydrogen-bond acceptors (Lipinski definition) is 3. The van der Waals surface area contributed by atoms with Gasteiger partial charge in [0.25, 0.3) is 0 Å². The molecule has 1 aromatic carbocycles. The number of aromatic nitrogens is 2. The summed E-state index contributed by atoms with van der Waals surface area (Å²) in [7, 11) is 0. The van der Waals surface area contributed by atoms with Gasteiger partial charge < -0.3 is 5.11 Å². The van der Waals surface area contributed by atoms with Gasteiger partial charge in [-0.1, -0.05) is 13.0 Å². The first-order valence-corrected chi connectivity index (χ1v) is 6.34. The highest BCUT2D eigenvalue weighted by molar-refractivity contribution is 14.1. The quantitative estimate of drug-likeness (QED) is 0.872. The summed E-state index contributed by atoms with van der Waals surface area (Å²) in [6, 6.07) is 3.76. The highest BCUT2D eigenvalue weighted by Gasteiger charge is 2.21. The fraction of sp³-hybridized carbons (Fsp3) is 0.250. The number of hydrogen-bond donors (Lipinski definition) is 1. The van der Waals surface area contributed by atoms with Crippen molar-refractivity contribution in [2.24, 2.45) is 0 Å². The zero-order chi connectivity index (χ0) is 12.4. The molecule has 4 nitrogen and oxygen atoms in total. The molecule has 2 rings (SSSR count). The number of fused-ring (bicyclic) bond motifs is 1. The summed E-state index contributed by atoms with van der Waals surface area (Å²) in [5.41, 5.74) is 1.50. The number of carbonyl (C=O) groups is 1. The molecule has 0 aliphatic carbocycles. The molecular weight excluding hydrogens is 331 g/mol. The van der Waals surface area contributed by atoms with E-state index in [1.54, 1.807) is 6.20 Å². The van der Waals surface area contributed by atoms with Gasteiger partial charge in [0, 0.05) is 15.2 Å². The highest BCUT2D eigenvalue weighted by Crippen LogP contribution is 2.29. The van der Waals surface area contributed by atoms with Gasteiger partial charge in [-0.15, -0.1) is 0 Å². The zero-order valence-electron chi connectivity index (χ0n) is 9.22. The molecule has 0 spiro atoms. The van der Waals surface area contributed by atoms with E-state index in [1.807, 2.05) is 19.1 Å². The molecule has 0 fully saturated rings. The van der Waals surface area contributed by atoms with Crippen LogP contribution in [0.1, 0.15) is 24.8 Å². The molecule has 0 aliphatic heterocycles. The van der Waals surface area contributed by atoms with E-state index in [2.05, 4.69) is 32.6 Å². The number of halogens is 1. The Morgan fingerprint density at radius 2 is 2.29 bits per heavy atom. The Balaban J connectivity index is 2.70. The summed E-state index contributed by atoms with van der Waals surface area (Å²) in [6.45, 7) is 1.86. The van der Waals surface area contributed by atoms with Crippen LogP contribution in [0.5, 0.6) is 0 Å². The highest BCUT2D eigenvalue weighted by atomic mass is 127.